The summed E-state index contributed by atoms with van der Waals surface area (Å²) in [5, 5.41) is 2.95. The van der Waals surface area contributed by atoms with E-state index in [1.165, 1.54) is 0 Å². The molecule has 1 heterocycles. The van der Waals surface area contributed by atoms with Gasteiger partial charge in [-0.25, -0.2) is 14.3 Å². The van der Waals surface area contributed by atoms with Crippen molar-refractivity contribution in [3.8, 4) is 0 Å². The van der Waals surface area contributed by atoms with Crippen molar-refractivity contribution in [2.45, 2.75) is 0 Å². The Morgan fingerprint density at radius 3 is 2.20 bits per heavy atom. The van der Waals surface area contributed by atoms with Gasteiger partial charge in [0.1, 0.15) is 5.82 Å². The van der Waals surface area contributed by atoms with Gasteiger partial charge in [-0.1, -0.05) is 6.07 Å². The van der Waals surface area contributed by atoms with Crippen molar-refractivity contribution in [2.75, 3.05) is 33.3 Å². The molecule has 1 aromatic rings. The van der Waals surface area contributed by atoms with Gasteiger partial charge in [0.05, 0.1) is 0 Å². The van der Waals surface area contributed by atoms with Crippen LogP contribution in [0.15, 0.2) is 24.4 Å². The molecule has 0 aliphatic heterocycles. The normalized spacial score (nSPS) is 12.1. The Hall–Kier alpha value is -0.900. The third kappa shape index (κ3) is 2.78. The lowest BCUT2D eigenvalue weighted by Crippen LogP contribution is -2.26. The summed E-state index contributed by atoms with van der Waals surface area (Å²) in [6, 6.07) is 5.46. The van der Waals surface area contributed by atoms with Gasteiger partial charge in [-0.3, -0.25) is 9.65 Å². The molecular formula is C9H17N4OP. The highest BCUT2D eigenvalue weighted by atomic mass is 31.2. The number of anilines is 1. The zero-order valence-corrected chi connectivity index (χ0v) is 10.4. The van der Waals surface area contributed by atoms with Gasteiger partial charge >= 0.3 is 7.59 Å². The maximum absolute atomic E-state index is 12.5. The van der Waals surface area contributed by atoms with Gasteiger partial charge in [0.15, 0.2) is 0 Å². The van der Waals surface area contributed by atoms with E-state index in [1.807, 2.05) is 12.1 Å². The van der Waals surface area contributed by atoms with E-state index >= 15 is 0 Å². The van der Waals surface area contributed by atoms with E-state index in [0.29, 0.717) is 5.82 Å². The summed E-state index contributed by atoms with van der Waals surface area (Å²) in [6.45, 7) is 0. The Morgan fingerprint density at radius 1 is 1.20 bits per heavy atom. The van der Waals surface area contributed by atoms with Crippen LogP contribution in [0.5, 0.6) is 0 Å². The van der Waals surface area contributed by atoms with Crippen LogP contribution in [0.3, 0.4) is 0 Å². The molecule has 0 fully saturated rings. The molecule has 15 heavy (non-hydrogen) atoms. The molecule has 0 aliphatic rings. The van der Waals surface area contributed by atoms with Crippen molar-refractivity contribution in [2.24, 2.45) is 0 Å². The molecule has 0 atom stereocenters. The molecule has 0 unspecified atom stereocenters. The summed E-state index contributed by atoms with van der Waals surface area (Å²) in [5.74, 6) is 0.614. The largest absolute Gasteiger partial charge is 0.308 e. The summed E-state index contributed by atoms with van der Waals surface area (Å²) >= 11 is 0. The van der Waals surface area contributed by atoms with Gasteiger partial charge in [0.25, 0.3) is 0 Å². The number of nitrogens with zero attached hydrogens (tertiary/aromatic N) is 3. The zero-order valence-electron chi connectivity index (χ0n) is 9.51. The van der Waals surface area contributed by atoms with E-state index in [2.05, 4.69) is 10.1 Å². The molecule has 0 saturated heterocycles. The van der Waals surface area contributed by atoms with Crippen LogP contribution in [0.4, 0.5) is 5.82 Å². The molecule has 0 amide bonds. The van der Waals surface area contributed by atoms with Crippen LogP contribution in [0, 0.1) is 0 Å². The number of hydrogen-bond acceptors (Lipinski definition) is 2. The van der Waals surface area contributed by atoms with E-state index in [0.717, 1.165) is 0 Å². The van der Waals surface area contributed by atoms with Crippen LogP contribution in [0.1, 0.15) is 0 Å². The highest BCUT2D eigenvalue weighted by molar-refractivity contribution is 7.60. The minimum atomic E-state index is -2.73. The minimum Gasteiger partial charge on any atom is -0.297 e. The minimum absolute atomic E-state index is 0.614. The molecule has 1 aromatic heterocycles. The SMILES string of the molecule is CN(C)P(=O)(Nc1ccccn1)N(C)C. The molecule has 0 spiro atoms. The highest BCUT2D eigenvalue weighted by Gasteiger charge is 2.28. The number of hydrogen-bond donors (Lipinski definition) is 1. The van der Waals surface area contributed by atoms with E-state index in [-0.39, 0.29) is 0 Å². The first-order valence-corrected chi connectivity index (χ1v) is 6.23. The molecular weight excluding hydrogens is 211 g/mol. The van der Waals surface area contributed by atoms with Crippen LogP contribution >= 0.6 is 7.59 Å². The second-order valence-corrected chi connectivity index (χ2v) is 6.48. The van der Waals surface area contributed by atoms with Gasteiger partial charge in [0, 0.05) is 6.20 Å². The molecule has 0 bridgehead atoms. The average molecular weight is 228 g/mol. The first kappa shape index (κ1) is 12.2. The van der Waals surface area contributed by atoms with Crippen molar-refractivity contribution in [1.82, 2.24) is 14.3 Å². The van der Waals surface area contributed by atoms with Gasteiger partial charge in [0.2, 0.25) is 0 Å². The van der Waals surface area contributed by atoms with Crippen LogP contribution in [-0.2, 0) is 4.57 Å². The lowest BCUT2D eigenvalue weighted by molar-refractivity contribution is 0.454. The zero-order chi connectivity index (χ0) is 11.5. The maximum Gasteiger partial charge on any atom is 0.308 e. The topological polar surface area (TPSA) is 48.5 Å². The van der Waals surface area contributed by atoms with Crippen molar-refractivity contribution in [3.63, 3.8) is 0 Å². The second kappa shape index (κ2) is 4.75. The highest BCUT2D eigenvalue weighted by Crippen LogP contribution is 2.48. The van der Waals surface area contributed by atoms with Gasteiger partial charge < -0.3 is 0 Å². The van der Waals surface area contributed by atoms with E-state index in [9.17, 15) is 4.57 Å². The predicted molar refractivity (Wildman–Crippen MR) is 62.8 cm³/mol. The molecule has 1 N–H and O–H groups in total. The fourth-order valence-corrected chi connectivity index (χ4v) is 2.68. The quantitative estimate of drug-likeness (QED) is 0.795. The summed E-state index contributed by atoms with van der Waals surface area (Å²) in [4.78, 5) is 4.09. The fraction of sp³-hybridized carbons (Fsp3) is 0.444. The molecule has 1 rings (SSSR count). The van der Waals surface area contributed by atoms with Crippen molar-refractivity contribution >= 4 is 13.4 Å². The van der Waals surface area contributed by atoms with Gasteiger partial charge in [-0.2, -0.15) is 0 Å². The lowest BCUT2D eigenvalue weighted by atomic mass is 10.5. The number of pyridine rings is 1. The second-order valence-electron chi connectivity index (χ2n) is 3.57. The van der Waals surface area contributed by atoms with Crippen molar-refractivity contribution < 1.29 is 4.57 Å². The number of nitrogens with one attached hydrogen (secondary N) is 1. The maximum atomic E-state index is 12.5. The van der Waals surface area contributed by atoms with Crippen LogP contribution in [0.25, 0.3) is 0 Å². The number of rotatable bonds is 4. The van der Waals surface area contributed by atoms with Crippen LogP contribution in [-0.4, -0.2) is 42.5 Å². The number of aromatic nitrogens is 1. The Balaban J connectivity index is 2.91. The van der Waals surface area contributed by atoms with Crippen molar-refractivity contribution in [1.29, 1.82) is 0 Å². The van der Waals surface area contributed by atoms with Gasteiger partial charge in [-0.05, 0) is 40.3 Å². The van der Waals surface area contributed by atoms with E-state index in [4.69, 9.17) is 0 Å². The average Bonchev–Trinajstić information content (AvgIpc) is 2.18. The Morgan fingerprint density at radius 2 is 1.80 bits per heavy atom. The summed E-state index contributed by atoms with van der Waals surface area (Å²) in [6.07, 6.45) is 1.66. The molecule has 6 heteroatoms. The Labute approximate surface area is 90.6 Å². The Kier molecular flexibility index (Phi) is 3.85. The third-order valence-corrected chi connectivity index (χ3v) is 4.70. The standard InChI is InChI=1S/C9H17N4OP/c1-12(2)15(14,13(3)4)11-9-7-5-6-8-10-9/h5-8H,1-4H3,(H,10,11,14). The summed E-state index contributed by atoms with van der Waals surface area (Å²) < 4.78 is 15.8. The van der Waals surface area contributed by atoms with E-state index in [1.54, 1.807) is 49.8 Å². The monoisotopic (exact) mass is 228 g/mol. The predicted octanol–water partition coefficient (Wildman–Crippen LogP) is 1.72. The molecule has 0 saturated carbocycles. The molecule has 5 nitrogen and oxygen atoms in total. The third-order valence-electron chi connectivity index (χ3n) is 2.01. The molecule has 0 aliphatic carbocycles. The lowest BCUT2D eigenvalue weighted by Gasteiger charge is -2.30. The first-order chi connectivity index (χ1) is 6.97. The van der Waals surface area contributed by atoms with Crippen molar-refractivity contribution in [3.05, 3.63) is 24.4 Å². The fourth-order valence-electron chi connectivity index (χ4n) is 1.14. The Bertz CT molecular complexity index is 340. The summed E-state index contributed by atoms with van der Waals surface area (Å²) in [5.41, 5.74) is 0. The van der Waals surface area contributed by atoms with Gasteiger partial charge in [-0.15, -0.1) is 0 Å². The van der Waals surface area contributed by atoms with Crippen LogP contribution in [0.2, 0.25) is 0 Å². The molecule has 0 radical (unpaired) electrons. The summed E-state index contributed by atoms with van der Waals surface area (Å²) in [7, 11) is 4.37. The first-order valence-electron chi connectivity index (χ1n) is 4.62. The van der Waals surface area contributed by atoms with E-state index < -0.39 is 7.59 Å². The van der Waals surface area contributed by atoms with Crippen LogP contribution < -0.4 is 5.09 Å². The molecule has 84 valence electrons. The smallest absolute Gasteiger partial charge is 0.297 e. The molecule has 0 aromatic carbocycles.